The normalized spacial score (nSPS) is 12.9. The standard InChI is InChI=1S/C22H28N4O2/c1-22(2,3)16-10-8-15(9-11-16)14-26-19-7-5-4-6-18(19)24-20(26)13-12-17(23)21(27)25-28/h4-11,17,28H,12-14,23H2,1-3H3,(H,25,27). The van der Waals surface area contributed by atoms with Crippen LogP contribution in [0.25, 0.3) is 11.0 Å². The van der Waals surface area contributed by atoms with Crippen molar-refractivity contribution in [3.05, 3.63) is 65.5 Å². The van der Waals surface area contributed by atoms with Gasteiger partial charge in [-0.1, -0.05) is 57.2 Å². The molecule has 148 valence electrons. The lowest BCUT2D eigenvalue weighted by Gasteiger charge is -2.19. The Kier molecular flexibility index (Phi) is 5.82. The zero-order chi connectivity index (χ0) is 20.3. The minimum Gasteiger partial charge on any atom is -0.323 e. The number of para-hydroxylation sites is 2. The second-order valence-corrected chi connectivity index (χ2v) is 8.17. The predicted molar refractivity (Wildman–Crippen MR) is 110 cm³/mol. The summed E-state index contributed by atoms with van der Waals surface area (Å²) in [7, 11) is 0. The summed E-state index contributed by atoms with van der Waals surface area (Å²) < 4.78 is 2.17. The molecule has 3 aromatic rings. The molecule has 6 nitrogen and oxygen atoms in total. The number of aryl methyl sites for hydroxylation is 1. The smallest absolute Gasteiger partial charge is 0.260 e. The number of aromatic nitrogens is 2. The van der Waals surface area contributed by atoms with Crippen LogP contribution < -0.4 is 11.2 Å². The maximum Gasteiger partial charge on any atom is 0.260 e. The van der Waals surface area contributed by atoms with Crippen molar-refractivity contribution in [3.8, 4) is 0 Å². The van der Waals surface area contributed by atoms with E-state index in [-0.39, 0.29) is 5.41 Å². The Morgan fingerprint density at radius 2 is 1.86 bits per heavy atom. The van der Waals surface area contributed by atoms with E-state index in [1.54, 1.807) is 5.48 Å². The summed E-state index contributed by atoms with van der Waals surface area (Å²) in [6.45, 7) is 7.31. The third kappa shape index (κ3) is 4.40. The molecule has 1 aromatic heterocycles. The number of rotatable bonds is 6. The molecule has 1 heterocycles. The molecule has 4 N–H and O–H groups in total. The third-order valence-electron chi connectivity index (χ3n) is 5.02. The largest absolute Gasteiger partial charge is 0.323 e. The topological polar surface area (TPSA) is 93.2 Å². The van der Waals surface area contributed by atoms with Gasteiger partial charge in [0.1, 0.15) is 5.82 Å². The number of imidazole rings is 1. The van der Waals surface area contributed by atoms with Crippen molar-refractivity contribution in [3.63, 3.8) is 0 Å². The van der Waals surface area contributed by atoms with Crippen LogP contribution in [0.4, 0.5) is 0 Å². The fourth-order valence-corrected chi connectivity index (χ4v) is 3.28. The molecular weight excluding hydrogens is 352 g/mol. The van der Waals surface area contributed by atoms with Gasteiger partial charge in [-0.05, 0) is 35.1 Å². The van der Waals surface area contributed by atoms with Gasteiger partial charge >= 0.3 is 0 Å². The highest BCUT2D eigenvalue weighted by Crippen LogP contribution is 2.24. The lowest BCUT2D eigenvalue weighted by atomic mass is 9.87. The fourth-order valence-electron chi connectivity index (χ4n) is 3.28. The summed E-state index contributed by atoms with van der Waals surface area (Å²) in [5.74, 6) is 0.294. The zero-order valence-electron chi connectivity index (χ0n) is 16.6. The molecule has 0 aliphatic rings. The lowest BCUT2D eigenvalue weighted by Crippen LogP contribution is -2.39. The van der Waals surface area contributed by atoms with Crippen molar-refractivity contribution < 1.29 is 10.0 Å². The third-order valence-corrected chi connectivity index (χ3v) is 5.02. The van der Waals surface area contributed by atoms with E-state index in [4.69, 9.17) is 15.9 Å². The number of amides is 1. The van der Waals surface area contributed by atoms with Crippen LogP contribution in [0.15, 0.2) is 48.5 Å². The molecule has 1 amide bonds. The summed E-state index contributed by atoms with van der Waals surface area (Å²) >= 11 is 0. The molecule has 0 aliphatic heterocycles. The van der Waals surface area contributed by atoms with Crippen molar-refractivity contribution in [2.75, 3.05) is 0 Å². The Morgan fingerprint density at radius 1 is 1.18 bits per heavy atom. The monoisotopic (exact) mass is 380 g/mol. The molecular formula is C22H28N4O2. The van der Waals surface area contributed by atoms with Crippen LogP contribution in [0.3, 0.4) is 0 Å². The van der Waals surface area contributed by atoms with Crippen molar-refractivity contribution in [1.29, 1.82) is 0 Å². The maximum absolute atomic E-state index is 11.5. The molecule has 0 aliphatic carbocycles. The minimum atomic E-state index is -0.774. The highest BCUT2D eigenvalue weighted by molar-refractivity contribution is 5.80. The first-order valence-corrected chi connectivity index (χ1v) is 9.52. The molecule has 1 atom stereocenters. The van der Waals surface area contributed by atoms with E-state index in [1.807, 2.05) is 18.2 Å². The zero-order valence-corrected chi connectivity index (χ0v) is 16.6. The van der Waals surface area contributed by atoms with E-state index in [0.29, 0.717) is 19.4 Å². The lowest BCUT2D eigenvalue weighted by molar-refractivity contribution is -0.130. The van der Waals surface area contributed by atoms with Gasteiger partial charge in [0.25, 0.3) is 5.91 Å². The first-order valence-electron chi connectivity index (χ1n) is 9.52. The number of fused-ring (bicyclic) bond motifs is 1. The molecule has 0 spiro atoms. The van der Waals surface area contributed by atoms with Crippen LogP contribution >= 0.6 is 0 Å². The first kappa shape index (κ1) is 20.0. The Bertz CT molecular complexity index is 955. The van der Waals surface area contributed by atoms with E-state index in [0.717, 1.165) is 16.9 Å². The molecule has 3 rings (SSSR count). The van der Waals surface area contributed by atoms with Crippen molar-refractivity contribution in [2.24, 2.45) is 5.73 Å². The predicted octanol–water partition coefficient (Wildman–Crippen LogP) is 3.15. The van der Waals surface area contributed by atoms with Gasteiger partial charge in [0, 0.05) is 13.0 Å². The number of hydrogen-bond donors (Lipinski definition) is 3. The van der Waals surface area contributed by atoms with Crippen molar-refractivity contribution in [2.45, 2.75) is 51.6 Å². The Balaban J connectivity index is 1.87. The maximum atomic E-state index is 11.5. The van der Waals surface area contributed by atoms with Gasteiger partial charge in [0.05, 0.1) is 17.1 Å². The number of carbonyl (C=O) groups excluding carboxylic acids is 1. The highest BCUT2D eigenvalue weighted by Gasteiger charge is 2.17. The Hall–Kier alpha value is -2.70. The first-order chi connectivity index (χ1) is 13.3. The second kappa shape index (κ2) is 8.12. The van der Waals surface area contributed by atoms with Gasteiger partial charge < -0.3 is 10.3 Å². The number of nitrogens with one attached hydrogen (secondary N) is 1. The SMILES string of the molecule is CC(C)(C)c1ccc(Cn2c(CCC(N)C(=O)NO)nc3ccccc32)cc1. The number of hydroxylamine groups is 1. The Morgan fingerprint density at radius 3 is 2.50 bits per heavy atom. The number of carbonyl (C=O) groups is 1. The summed E-state index contributed by atoms with van der Waals surface area (Å²) in [5.41, 5.74) is 12.0. The molecule has 0 saturated heterocycles. The number of hydrogen-bond acceptors (Lipinski definition) is 4. The summed E-state index contributed by atoms with van der Waals surface area (Å²) in [5, 5.41) is 8.75. The Labute approximate surface area is 165 Å². The van der Waals surface area contributed by atoms with E-state index >= 15 is 0 Å². The van der Waals surface area contributed by atoms with Crippen LogP contribution in [0.2, 0.25) is 0 Å². The van der Waals surface area contributed by atoms with Crippen molar-refractivity contribution in [1.82, 2.24) is 15.0 Å². The van der Waals surface area contributed by atoms with Crippen LogP contribution in [0.1, 0.15) is 44.1 Å². The summed E-state index contributed by atoms with van der Waals surface area (Å²) in [6.07, 6.45) is 0.946. The average molecular weight is 380 g/mol. The van der Waals surface area contributed by atoms with E-state index in [1.165, 1.54) is 11.1 Å². The second-order valence-electron chi connectivity index (χ2n) is 8.17. The molecule has 2 aromatic carbocycles. The van der Waals surface area contributed by atoms with E-state index in [2.05, 4.69) is 55.7 Å². The number of nitrogens with two attached hydrogens (primary N) is 1. The van der Waals surface area contributed by atoms with Crippen molar-refractivity contribution >= 4 is 16.9 Å². The van der Waals surface area contributed by atoms with Gasteiger partial charge in [-0.25, -0.2) is 10.5 Å². The van der Waals surface area contributed by atoms with Gasteiger partial charge in [-0.2, -0.15) is 0 Å². The molecule has 6 heteroatoms. The fraction of sp³-hybridized carbons (Fsp3) is 0.364. The number of nitrogens with zero attached hydrogens (tertiary/aromatic N) is 2. The molecule has 28 heavy (non-hydrogen) atoms. The highest BCUT2D eigenvalue weighted by atomic mass is 16.5. The average Bonchev–Trinajstić information content (AvgIpc) is 3.02. The van der Waals surface area contributed by atoms with Crippen LogP contribution in [0, 0.1) is 0 Å². The van der Waals surface area contributed by atoms with Gasteiger partial charge in [-0.15, -0.1) is 0 Å². The molecule has 0 bridgehead atoms. The molecule has 1 unspecified atom stereocenters. The van der Waals surface area contributed by atoms with E-state index < -0.39 is 11.9 Å². The van der Waals surface area contributed by atoms with Gasteiger partial charge in [0.15, 0.2) is 0 Å². The van der Waals surface area contributed by atoms with Crippen LogP contribution in [-0.2, 0) is 23.2 Å². The summed E-state index contributed by atoms with van der Waals surface area (Å²) in [4.78, 5) is 16.2. The van der Waals surface area contributed by atoms with Gasteiger partial charge in [-0.3, -0.25) is 10.0 Å². The van der Waals surface area contributed by atoms with E-state index in [9.17, 15) is 4.79 Å². The molecule has 0 fully saturated rings. The number of benzene rings is 2. The van der Waals surface area contributed by atoms with Crippen LogP contribution in [0.5, 0.6) is 0 Å². The van der Waals surface area contributed by atoms with Gasteiger partial charge in [0.2, 0.25) is 0 Å². The summed E-state index contributed by atoms with van der Waals surface area (Å²) in [6, 6.07) is 15.9. The minimum absolute atomic E-state index is 0.120. The quantitative estimate of drug-likeness (QED) is 0.452. The van der Waals surface area contributed by atoms with Crippen LogP contribution in [-0.4, -0.2) is 26.7 Å². The molecule has 0 radical (unpaired) electrons. The molecule has 0 saturated carbocycles.